The summed E-state index contributed by atoms with van der Waals surface area (Å²) in [6.45, 7) is 4.92. The Balaban J connectivity index is 0.882. The van der Waals surface area contributed by atoms with Gasteiger partial charge in [-0.15, -0.1) is 0 Å². The summed E-state index contributed by atoms with van der Waals surface area (Å²) in [5.74, 6) is 0.928. The number of imidazole rings is 2. The Hall–Kier alpha value is -6.96. The fourth-order valence-electron chi connectivity index (χ4n) is 9.67. The molecule has 1 aliphatic carbocycles. The topological polar surface area (TPSA) is 186 Å². The third-order valence-corrected chi connectivity index (χ3v) is 12.9. The van der Waals surface area contributed by atoms with Crippen molar-refractivity contribution in [2.24, 2.45) is 5.92 Å². The Bertz CT molecular complexity index is 2670. The van der Waals surface area contributed by atoms with Gasteiger partial charge in [0.2, 0.25) is 5.91 Å². The van der Waals surface area contributed by atoms with E-state index in [1.165, 1.54) is 7.11 Å². The van der Waals surface area contributed by atoms with E-state index in [0.29, 0.717) is 31.8 Å². The van der Waals surface area contributed by atoms with Gasteiger partial charge in [0.25, 0.3) is 5.91 Å². The molecule has 3 aliphatic rings. The zero-order valence-electron chi connectivity index (χ0n) is 35.0. The molecule has 9 rings (SSSR count). The number of aryl methyl sites for hydroxylation is 1. The number of ether oxygens (including phenoxy) is 1. The maximum atomic E-state index is 14.3. The number of nitrogens with zero attached hydrogens (tertiary/aromatic N) is 4. The normalized spacial score (nSPS) is 20.1. The number of benzene rings is 4. The van der Waals surface area contributed by atoms with Gasteiger partial charge < -0.3 is 40.2 Å². The van der Waals surface area contributed by atoms with Crippen molar-refractivity contribution >= 4 is 34.8 Å². The number of likely N-dealkylation sites (tertiary alicyclic amines) is 2. The van der Waals surface area contributed by atoms with Crippen LogP contribution in [0.25, 0.3) is 44.4 Å². The number of carbonyl (C=O) groups is 4. The first kappa shape index (κ1) is 40.4. The quantitative estimate of drug-likeness (QED) is 0.0916. The minimum Gasteiger partial charge on any atom is -0.465 e. The van der Waals surface area contributed by atoms with Gasteiger partial charge in [-0.2, -0.15) is 0 Å². The van der Waals surface area contributed by atoms with Crippen molar-refractivity contribution in [2.75, 3.05) is 20.2 Å². The minimum atomic E-state index is -1.32. The monoisotopic (exact) mass is 834 g/mol. The number of H-pyrrole nitrogens is 2. The highest BCUT2D eigenvalue weighted by Crippen LogP contribution is 2.43. The zero-order chi connectivity index (χ0) is 43.1. The van der Waals surface area contributed by atoms with Gasteiger partial charge in [-0.05, 0) is 95.2 Å². The number of carbonyl (C=O) groups excluding carboxylic acids is 3. The van der Waals surface area contributed by atoms with Gasteiger partial charge in [0.15, 0.2) is 0 Å². The second kappa shape index (κ2) is 16.5. The van der Waals surface area contributed by atoms with Gasteiger partial charge in [0, 0.05) is 18.7 Å². The maximum Gasteiger partial charge on any atom is 0.407 e. The number of methoxy groups -OCH3 is 1. The molecule has 2 aromatic heterocycles. The molecule has 0 spiro atoms. The van der Waals surface area contributed by atoms with Gasteiger partial charge in [-0.25, -0.2) is 19.6 Å². The number of carboxylic acid groups (broad SMARTS) is 1. The summed E-state index contributed by atoms with van der Waals surface area (Å²) in [4.78, 5) is 72.0. The van der Waals surface area contributed by atoms with Crippen molar-refractivity contribution in [1.29, 1.82) is 0 Å². The number of aromatic amines is 2. The van der Waals surface area contributed by atoms with Gasteiger partial charge in [0.05, 0.1) is 43.0 Å². The third-order valence-electron chi connectivity index (χ3n) is 12.9. The van der Waals surface area contributed by atoms with Crippen molar-refractivity contribution in [3.05, 3.63) is 120 Å². The molecule has 4 amide bonds. The first-order chi connectivity index (χ1) is 30.0. The lowest BCUT2D eigenvalue weighted by atomic mass is 9.89. The smallest absolute Gasteiger partial charge is 0.407 e. The molecular formula is C48H50N8O6. The first-order valence-electron chi connectivity index (χ1n) is 21.3. The van der Waals surface area contributed by atoms with E-state index in [1.54, 1.807) is 11.1 Å². The molecule has 5 N–H and O–H groups in total. The average Bonchev–Trinajstić information content (AvgIpc) is 4.14. The number of hydrogen-bond donors (Lipinski definition) is 5. The van der Waals surface area contributed by atoms with Crippen LogP contribution in [0.3, 0.4) is 0 Å². The lowest BCUT2D eigenvalue weighted by Crippen LogP contribution is -2.55. The van der Waals surface area contributed by atoms with Crippen LogP contribution in [0.2, 0.25) is 0 Å². The summed E-state index contributed by atoms with van der Waals surface area (Å²) in [6, 6.07) is 27.4. The first-order valence-corrected chi connectivity index (χ1v) is 21.3. The number of alkyl carbamates (subject to hydrolysis) is 1. The van der Waals surface area contributed by atoms with E-state index >= 15 is 0 Å². The summed E-state index contributed by atoms with van der Waals surface area (Å²) >= 11 is 0. The van der Waals surface area contributed by atoms with E-state index in [0.717, 1.165) is 87.0 Å². The van der Waals surface area contributed by atoms with Crippen molar-refractivity contribution in [2.45, 2.75) is 76.0 Å². The van der Waals surface area contributed by atoms with Crippen LogP contribution in [-0.2, 0) is 26.3 Å². The number of hydrogen-bond acceptors (Lipinski definition) is 7. The SMILES string of the molecule is COC(=O)NC(C(=O)N1CCCC1c1ncc(-c2ccc3cc(-c4ccc(-c5cnc(C6CCCN6C(=O)C6(NC(=O)O)CCc7ccccc76)[nH]5)cc4)ccc3c2)[nH]1)C(C)C. The van der Waals surface area contributed by atoms with Crippen LogP contribution < -0.4 is 10.6 Å². The van der Waals surface area contributed by atoms with E-state index < -0.39 is 23.8 Å². The molecule has 4 atom stereocenters. The molecule has 14 nitrogen and oxygen atoms in total. The minimum absolute atomic E-state index is 0.110. The number of fused-ring (bicyclic) bond motifs is 2. The molecule has 4 heterocycles. The van der Waals surface area contributed by atoms with Crippen LogP contribution in [0.4, 0.5) is 9.59 Å². The van der Waals surface area contributed by atoms with E-state index in [-0.39, 0.29) is 29.8 Å². The predicted octanol–water partition coefficient (Wildman–Crippen LogP) is 8.10. The standard InChI is InChI=1S/C48H50N8O6/c1-28(2)41(53-47(61)62-3)44(57)55-22-6-10-39(55)42-50-27-38(52-42)35-19-18-33-24-32(16-17-34(33)25-35)29-12-14-31(15-13-29)37-26-49-43(51-37)40-11-7-23-56(40)45(58)48(54-46(59)60)21-20-30-8-4-5-9-36(30)48/h4-5,8-9,12-19,24-28,39-41,54H,6-7,10-11,20-23H2,1-3H3,(H,49,51)(H,50,52)(H,53,61)(H,59,60). The van der Waals surface area contributed by atoms with Gasteiger partial charge in [0.1, 0.15) is 23.2 Å². The maximum absolute atomic E-state index is 14.3. The van der Waals surface area contributed by atoms with E-state index in [9.17, 15) is 24.3 Å². The number of amides is 4. The summed E-state index contributed by atoms with van der Waals surface area (Å²) in [6.07, 6.45) is 5.93. The highest BCUT2D eigenvalue weighted by atomic mass is 16.5. The third kappa shape index (κ3) is 7.43. The number of nitrogens with one attached hydrogen (secondary N) is 4. The van der Waals surface area contributed by atoms with Crippen molar-refractivity contribution in [3.63, 3.8) is 0 Å². The van der Waals surface area contributed by atoms with Crippen LogP contribution in [0.5, 0.6) is 0 Å². The van der Waals surface area contributed by atoms with E-state index in [1.807, 2.05) is 49.2 Å². The van der Waals surface area contributed by atoms with Crippen LogP contribution in [0.15, 0.2) is 97.3 Å². The lowest BCUT2D eigenvalue weighted by Gasteiger charge is -2.35. The molecule has 0 bridgehead atoms. The molecule has 4 aromatic carbocycles. The molecule has 2 fully saturated rings. The number of aromatic nitrogens is 4. The van der Waals surface area contributed by atoms with Crippen molar-refractivity contribution in [3.8, 4) is 33.6 Å². The highest BCUT2D eigenvalue weighted by Gasteiger charge is 2.51. The Morgan fingerprint density at radius 2 is 1.35 bits per heavy atom. The summed E-state index contributed by atoms with van der Waals surface area (Å²) in [5, 5.41) is 17.3. The van der Waals surface area contributed by atoms with Crippen LogP contribution in [0.1, 0.15) is 80.8 Å². The molecule has 4 unspecified atom stereocenters. The second-order valence-electron chi connectivity index (χ2n) is 16.9. The van der Waals surface area contributed by atoms with Gasteiger partial charge >= 0.3 is 12.2 Å². The summed E-state index contributed by atoms with van der Waals surface area (Å²) in [5.41, 5.74) is 6.20. The molecule has 6 aromatic rings. The molecule has 0 radical (unpaired) electrons. The largest absolute Gasteiger partial charge is 0.465 e. The van der Waals surface area contributed by atoms with Crippen LogP contribution >= 0.6 is 0 Å². The van der Waals surface area contributed by atoms with Crippen LogP contribution in [0, 0.1) is 5.92 Å². The van der Waals surface area contributed by atoms with Gasteiger partial charge in [-0.1, -0.05) is 86.6 Å². The highest BCUT2D eigenvalue weighted by molar-refractivity contribution is 5.93. The molecule has 62 heavy (non-hydrogen) atoms. The van der Waals surface area contributed by atoms with E-state index in [2.05, 4.69) is 81.3 Å². The summed E-state index contributed by atoms with van der Waals surface area (Å²) < 4.78 is 4.77. The molecule has 318 valence electrons. The van der Waals surface area contributed by atoms with Crippen LogP contribution in [-0.4, -0.2) is 85.1 Å². The summed E-state index contributed by atoms with van der Waals surface area (Å²) in [7, 11) is 1.29. The molecular weight excluding hydrogens is 785 g/mol. The molecule has 2 aliphatic heterocycles. The Labute approximate surface area is 359 Å². The van der Waals surface area contributed by atoms with Crippen molar-refractivity contribution < 1.29 is 29.0 Å². The van der Waals surface area contributed by atoms with Gasteiger partial charge in [-0.3, -0.25) is 9.59 Å². The Morgan fingerprint density at radius 1 is 0.774 bits per heavy atom. The average molecular weight is 835 g/mol. The predicted molar refractivity (Wildman–Crippen MR) is 234 cm³/mol. The Morgan fingerprint density at radius 3 is 2.02 bits per heavy atom. The Kier molecular flexibility index (Phi) is 10.8. The molecule has 2 saturated heterocycles. The molecule has 0 saturated carbocycles. The lowest BCUT2D eigenvalue weighted by molar-refractivity contribution is -0.140. The van der Waals surface area contributed by atoms with E-state index in [4.69, 9.17) is 14.7 Å². The zero-order valence-corrected chi connectivity index (χ0v) is 35.0. The number of rotatable bonds is 10. The fraction of sp³-hybridized carbons (Fsp3) is 0.333. The second-order valence-corrected chi connectivity index (χ2v) is 16.9. The molecule has 14 heteroatoms. The van der Waals surface area contributed by atoms with Crippen molar-refractivity contribution in [1.82, 2.24) is 40.4 Å². The fourth-order valence-corrected chi connectivity index (χ4v) is 9.67.